The average Bonchev–Trinajstić information content (AvgIpc) is 2.69. The number of aromatic amines is 1. The van der Waals surface area contributed by atoms with Crippen LogP contribution in [-0.2, 0) is 4.79 Å². The summed E-state index contributed by atoms with van der Waals surface area (Å²) in [5.41, 5.74) is 1.19. The fraction of sp³-hybridized carbons (Fsp3) is 0.158. The highest BCUT2D eigenvalue weighted by atomic mass is 32.2. The summed E-state index contributed by atoms with van der Waals surface area (Å²) in [6.45, 7) is 2.38. The molecule has 0 spiro atoms. The maximum atomic E-state index is 12.2. The van der Waals surface area contributed by atoms with Crippen molar-refractivity contribution in [2.24, 2.45) is 0 Å². The van der Waals surface area contributed by atoms with Crippen LogP contribution in [0.1, 0.15) is 6.92 Å². The first-order chi connectivity index (χ1) is 13.2. The number of ether oxygens (including phenoxy) is 1. The zero-order valence-electron chi connectivity index (χ0n) is 14.6. The number of rotatable bonds is 7. The molecule has 1 heterocycles. The van der Waals surface area contributed by atoms with E-state index in [1.165, 1.54) is 0 Å². The predicted octanol–water partition coefficient (Wildman–Crippen LogP) is 2.96. The number of benzene rings is 2. The van der Waals surface area contributed by atoms with Crippen LogP contribution in [0.25, 0.3) is 11.3 Å². The molecule has 8 heteroatoms. The number of para-hydroxylation sites is 2. The van der Waals surface area contributed by atoms with Crippen LogP contribution in [0.5, 0.6) is 5.75 Å². The fourth-order valence-corrected chi connectivity index (χ4v) is 2.95. The number of carbonyl (C=O) groups excluding carboxylic acids is 1. The topological polar surface area (TPSA) is 97.0 Å². The molecular weight excluding hydrogens is 364 g/mol. The lowest BCUT2D eigenvalue weighted by Gasteiger charge is -2.10. The lowest BCUT2D eigenvalue weighted by atomic mass is 10.2. The van der Waals surface area contributed by atoms with Crippen LogP contribution in [0, 0.1) is 0 Å². The Balaban J connectivity index is 1.63. The van der Waals surface area contributed by atoms with Crippen molar-refractivity contribution in [1.82, 2.24) is 15.2 Å². The Morgan fingerprint density at radius 2 is 1.85 bits per heavy atom. The van der Waals surface area contributed by atoms with Crippen LogP contribution in [0.3, 0.4) is 0 Å². The third-order valence-electron chi connectivity index (χ3n) is 3.52. The van der Waals surface area contributed by atoms with E-state index in [0.717, 1.165) is 11.8 Å². The summed E-state index contributed by atoms with van der Waals surface area (Å²) in [6, 6.07) is 16.3. The molecule has 0 radical (unpaired) electrons. The number of carbonyl (C=O) groups is 1. The third-order valence-corrected chi connectivity index (χ3v) is 4.39. The summed E-state index contributed by atoms with van der Waals surface area (Å²) in [6.07, 6.45) is 0. The van der Waals surface area contributed by atoms with Crippen molar-refractivity contribution >= 4 is 23.4 Å². The summed E-state index contributed by atoms with van der Waals surface area (Å²) in [7, 11) is 0. The summed E-state index contributed by atoms with van der Waals surface area (Å²) in [4.78, 5) is 27.0. The molecule has 0 bridgehead atoms. The van der Waals surface area contributed by atoms with Gasteiger partial charge in [0.25, 0.3) is 5.56 Å². The van der Waals surface area contributed by atoms with Gasteiger partial charge < -0.3 is 10.1 Å². The number of thioether (sulfide) groups is 1. The number of nitrogens with zero attached hydrogens (tertiary/aromatic N) is 2. The summed E-state index contributed by atoms with van der Waals surface area (Å²) >= 11 is 1.10. The molecule has 27 heavy (non-hydrogen) atoms. The van der Waals surface area contributed by atoms with Gasteiger partial charge in [-0.05, 0) is 19.1 Å². The van der Waals surface area contributed by atoms with E-state index in [1.54, 1.807) is 24.3 Å². The maximum absolute atomic E-state index is 12.2. The van der Waals surface area contributed by atoms with Gasteiger partial charge in [-0.15, -0.1) is 10.2 Å². The highest BCUT2D eigenvalue weighted by Crippen LogP contribution is 2.24. The van der Waals surface area contributed by atoms with E-state index < -0.39 is 0 Å². The molecular formula is C19H18N4O3S. The maximum Gasteiger partial charge on any atom is 0.278 e. The second-order valence-corrected chi connectivity index (χ2v) is 6.40. The van der Waals surface area contributed by atoms with Gasteiger partial charge in [-0.1, -0.05) is 54.2 Å². The van der Waals surface area contributed by atoms with E-state index in [0.29, 0.717) is 23.6 Å². The molecule has 7 nitrogen and oxygen atoms in total. The lowest BCUT2D eigenvalue weighted by Crippen LogP contribution is -2.17. The van der Waals surface area contributed by atoms with E-state index in [9.17, 15) is 9.59 Å². The molecule has 0 aliphatic heterocycles. The Morgan fingerprint density at radius 3 is 2.59 bits per heavy atom. The second kappa shape index (κ2) is 9.00. The minimum atomic E-state index is -0.346. The summed E-state index contributed by atoms with van der Waals surface area (Å²) < 4.78 is 5.48. The number of nitrogens with one attached hydrogen (secondary N) is 2. The SMILES string of the molecule is CCOc1ccccc1NC(=O)CSc1nnc(-c2ccccc2)c(=O)[nH]1. The lowest BCUT2D eigenvalue weighted by molar-refractivity contribution is -0.113. The summed E-state index contributed by atoms with van der Waals surface area (Å²) in [5, 5.41) is 11.1. The van der Waals surface area contributed by atoms with Crippen molar-refractivity contribution in [3.05, 3.63) is 65.0 Å². The first-order valence-electron chi connectivity index (χ1n) is 8.34. The van der Waals surface area contributed by atoms with Crippen molar-refractivity contribution < 1.29 is 9.53 Å². The highest BCUT2D eigenvalue weighted by Gasteiger charge is 2.11. The largest absolute Gasteiger partial charge is 0.492 e. The minimum Gasteiger partial charge on any atom is -0.492 e. The van der Waals surface area contributed by atoms with Gasteiger partial charge in [0.05, 0.1) is 18.0 Å². The van der Waals surface area contributed by atoms with E-state index in [-0.39, 0.29) is 28.1 Å². The van der Waals surface area contributed by atoms with Crippen molar-refractivity contribution in [2.45, 2.75) is 12.1 Å². The van der Waals surface area contributed by atoms with Crippen LogP contribution in [-0.4, -0.2) is 33.4 Å². The number of hydrogen-bond acceptors (Lipinski definition) is 6. The standard InChI is InChI=1S/C19H18N4O3S/c1-2-26-15-11-7-6-10-14(15)20-16(24)12-27-19-21-18(25)17(22-23-19)13-8-4-3-5-9-13/h3-11H,2,12H2,1H3,(H,20,24)(H,21,23,25). The van der Waals surface area contributed by atoms with Crippen molar-refractivity contribution in [3.63, 3.8) is 0 Å². The quantitative estimate of drug-likeness (QED) is 0.610. The first-order valence-corrected chi connectivity index (χ1v) is 9.33. The van der Waals surface area contributed by atoms with Gasteiger partial charge in [-0.25, -0.2) is 0 Å². The molecule has 0 saturated heterocycles. The monoisotopic (exact) mass is 382 g/mol. The molecule has 0 atom stereocenters. The zero-order chi connectivity index (χ0) is 19.1. The van der Waals surface area contributed by atoms with Crippen LogP contribution in [0.4, 0.5) is 5.69 Å². The zero-order valence-corrected chi connectivity index (χ0v) is 15.5. The number of hydrogen-bond donors (Lipinski definition) is 2. The first kappa shape index (κ1) is 18.7. The number of amides is 1. The van der Waals surface area contributed by atoms with Gasteiger partial charge in [0.1, 0.15) is 5.75 Å². The normalized spacial score (nSPS) is 10.4. The van der Waals surface area contributed by atoms with Gasteiger partial charge >= 0.3 is 0 Å². The van der Waals surface area contributed by atoms with Gasteiger partial charge in [0.2, 0.25) is 5.91 Å². The molecule has 138 valence electrons. The number of H-pyrrole nitrogens is 1. The van der Waals surface area contributed by atoms with E-state index in [4.69, 9.17) is 4.74 Å². The third kappa shape index (κ3) is 4.95. The molecule has 3 aromatic rings. The molecule has 3 rings (SSSR count). The minimum absolute atomic E-state index is 0.0791. The van der Waals surface area contributed by atoms with Crippen LogP contribution >= 0.6 is 11.8 Å². The van der Waals surface area contributed by atoms with E-state index in [2.05, 4.69) is 20.5 Å². The van der Waals surface area contributed by atoms with Crippen molar-refractivity contribution in [2.75, 3.05) is 17.7 Å². The van der Waals surface area contributed by atoms with Gasteiger partial charge in [-0.3, -0.25) is 14.6 Å². The molecule has 2 N–H and O–H groups in total. The average molecular weight is 382 g/mol. The van der Waals surface area contributed by atoms with Crippen LogP contribution < -0.4 is 15.6 Å². The number of anilines is 1. The predicted molar refractivity (Wildman–Crippen MR) is 105 cm³/mol. The molecule has 1 amide bonds. The second-order valence-electron chi connectivity index (χ2n) is 5.44. The molecule has 0 saturated carbocycles. The molecule has 2 aromatic carbocycles. The van der Waals surface area contributed by atoms with E-state index in [1.807, 2.05) is 37.3 Å². The molecule has 0 fully saturated rings. The Morgan fingerprint density at radius 1 is 1.11 bits per heavy atom. The van der Waals surface area contributed by atoms with Crippen molar-refractivity contribution in [3.8, 4) is 17.0 Å². The van der Waals surface area contributed by atoms with Crippen LogP contribution in [0.15, 0.2) is 64.5 Å². The number of aromatic nitrogens is 3. The van der Waals surface area contributed by atoms with Gasteiger partial charge in [0.15, 0.2) is 10.9 Å². The molecule has 0 aliphatic rings. The highest BCUT2D eigenvalue weighted by molar-refractivity contribution is 7.99. The van der Waals surface area contributed by atoms with Gasteiger partial charge in [-0.2, -0.15) is 0 Å². The Hall–Kier alpha value is -3.13. The van der Waals surface area contributed by atoms with Crippen molar-refractivity contribution in [1.29, 1.82) is 0 Å². The Labute approximate surface area is 160 Å². The van der Waals surface area contributed by atoms with E-state index >= 15 is 0 Å². The molecule has 0 aliphatic carbocycles. The summed E-state index contributed by atoms with van der Waals surface area (Å²) in [5.74, 6) is 0.455. The fourth-order valence-electron chi connectivity index (χ4n) is 2.34. The van der Waals surface area contributed by atoms with Crippen LogP contribution in [0.2, 0.25) is 0 Å². The van der Waals surface area contributed by atoms with Gasteiger partial charge in [0, 0.05) is 5.56 Å². The molecule has 0 unspecified atom stereocenters. The Kier molecular flexibility index (Phi) is 6.22. The Bertz CT molecular complexity index is 976. The molecule has 1 aromatic heterocycles. The smallest absolute Gasteiger partial charge is 0.278 e.